The summed E-state index contributed by atoms with van der Waals surface area (Å²) in [5, 5.41) is 7.75. The molecule has 0 radical (unpaired) electrons. The molecule has 2 aliphatic rings. The molecule has 2 aromatic heterocycles. The van der Waals surface area contributed by atoms with Crippen LogP contribution in [0, 0.1) is 0 Å². The van der Waals surface area contributed by atoms with Crippen LogP contribution in [0.2, 0.25) is 0 Å². The number of ether oxygens (including phenoxy) is 1. The molecule has 0 saturated heterocycles. The van der Waals surface area contributed by atoms with Crippen molar-refractivity contribution in [1.82, 2.24) is 14.8 Å². The monoisotopic (exact) mass is 438 g/mol. The highest BCUT2D eigenvalue weighted by atomic mass is 16.5. The zero-order valence-corrected chi connectivity index (χ0v) is 17.8. The first-order valence-corrected chi connectivity index (χ1v) is 11.0. The van der Waals surface area contributed by atoms with Gasteiger partial charge in [-0.2, -0.15) is 10.1 Å². The minimum atomic E-state index is -0.327. The number of carbonyl (C=O) groups is 1. The highest BCUT2D eigenvalue weighted by Crippen LogP contribution is 2.44. The van der Waals surface area contributed by atoms with Crippen LogP contribution in [0.25, 0.3) is 0 Å². The Morgan fingerprint density at radius 2 is 1.88 bits per heavy atom. The fourth-order valence-corrected chi connectivity index (χ4v) is 4.67. The third kappa shape index (κ3) is 3.61. The molecule has 2 atom stereocenters. The van der Waals surface area contributed by atoms with Gasteiger partial charge in [0.15, 0.2) is 5.78 Å². The van der Waals surface area contributed by atoms with Crippen LogP contribution in [0.3, 0.4) is 0 Å². The van der Waals surface area contributed by atoms with Crippen molar-refractivity contribution in [2.24, 2.45) is 0 Å². The van der Waals surface area contributed by atoms with Crippen LogP contribution in [-0.2, 0) is 11.4 Å². The van der Waals surface area contributed by atoms with Crippen molar-refractivity contribution >= 4 is 11.7 Å². The SMILES string of the molecule is O=C1C[C@H](c2ccco2)CC2=C1[C@H](c1ccc(OCc3ccccc3)cc1)n1ncnc1N2. The Labute approximate surface area is 190 Å². The molecule has 4 aromatic rings. The van der Waals surface area contributed by atoms with Crippen LogP contribution >= 0.6 is 0 Å². The molecule has 0 amide bonds. The maximum Gasteiger partial charge on any atom is 0.226 e. The summed E-state index contributed by atoms with van der Waals surface area (Å²) >= 11 is 0. The van der Waals surface area contributed by atoms with Crippen molar-refractivity contribution in [3.63, 3.8) is 0 Å². The minimum absolute atomic E-state index is 0.0163. The van der Waals surface area contributed by atoms with E-state index >= 15 is 0 Å². The van der Waals surface area contributed by atoms with Crippen LogP contribution in [0.5, 0.6) is 5.75 Å². The first-order chi connectivity index (χ1) is 16.3. The molecule has 7 heteroatoms. The number of benzene rings is 2. The second-order valence-electron chi connectivity index (χ2n) is 8.34. The fraction of sp³-hybridized carbons (Fsp3) is 0.192. The Hall–Kier alpha value is -4.13. The van der Waals surface area contributed by atoms with Gasteiger partial charge in [0, 0.05) is 23.6 Å². The van der Waals surface area contributed by atoms with Crippen LogP contribution < -0.4 is 10.1 Å². The summed E-state index contributed by atoms with van der Waals surface area (Å²) in [6, 6.07) is 21.4. The molecular weight excluding hydrogens is 416 g/mol. The molecule has 1 aliphatic heterocycles. The quantitative estimate of drug-likeness (QED) is 0.479. The summed E-state index contributed by atoms with van der Waals surface area (Å²) in [6.07, 6.45) is 4.27. The summed E-state index contributed by atoms with van der Waals surface area (Å²) in [4.78, 5) is 17.7. The molecule has 33 heavy (non-hydrogen) atoms. The molecule has 0 saturated carbocycles. The van der Waals surface area contributed by atoms with Gasteiger partial charge in [0.2, 0.25) is 5.95 Å². The van der Waals surface area contributed by atoms with Crippen LogP contribution in [-0.4, -0.2) is 20.5 Å². The second-order valence-corrected chi connectivity index (χ2v) is 8.34. The lowest BCUT2D eigenvalue weighted by Crippen LogP contribution is -2.33. The molecule has 6 rings (SSSR count). The maximum absolute atomic E-state index is 13.4. The molecule has 1 aliphatic carbocycles. The predicted octanol–water partition coefficient (Wildman–Crippen LogP) is 4.87. The van der Waals surface area contributed by atoms with Crippen molar-refractivity contribution in [3.05, 3.63) is 107 Å². The number of nitrogens with zero attached hydrogens (tertiary/aromatic N) is 3. The molecule has 2 aromatic carbocycles. The lowest BCUT2D eigenvalue weighted by atomic mass is 9.79. The summed E-state index contributed by atoms with van der Waals surface area (Å²) in [5.41, 5.74) is 3.71. The number of Topliss-reactive ketones (excluding diaryl/α,β-unsaturated/α-hetero) is 1. The molecule has 1 N–H and O–H groups in total. The van der Waals surface area contributed by atoms with Gasteiger partial charge in [-0.15, -0.1) is 0 Å². The van der Waals surface area contributed by atoms with E-state index in [1.807, 2.05) is 66.7 Å². The Balaban J connectivity index is 1.30. The number of aromatic nitrogens is 3. The number of fused-ring (bicyclic) bond motifs is 1. The van der Waals surface area contributed by atoms with E-state index in [1.54, 1.807) is 10.9 Å². The van der Waals surface area contributed by atoms with E-state index in [4.69, 9.17) is 9.15 Å². The topological polar surface area (TPSA) is 82.2 Å². The summed E-state index contributed by atoms with van der Waals surface area (Å²) in [6.45, 7) is 0.503. The minimum Gasteiger partial charge on any atom is -0.489 e. The van der Waals surface area contributed by atoms with Gasteiger partial charge >= 0.3 is 0 Å². The Bertz CT molecular complexity index is 1310. The Morgan fingerprint density at radius 3 is 2.67 bits per heavy atom. The van der Waals surface area contributed by atoms with E-state index in [0.717, 1.165) is 33.9 Å². The van der Waals surface area contributed by atoms with Gasteiger partial charge in [0.25, 0.3) is 0 Å². The molecule has 0 spiro atoms. The first kappa shape index (κ1) is 19.5. The number of hydrogen-bond donors (Lipinski definition) is 1. The third-order valence-corrected chi connectivity index (χ3v) is 6.25. The summed E-state index contributed by atoms with van der Waals surface area (Å²) < 4.78 is 13.3. The van der Waals surface area contributed by atoms with Gasteiger partial charge in [-0.3, -0.25) is 4.79 Å². The Kier molecular flexibility index (Phi) is 4.79. The second kappa shape index (κ2) is 8.09. The first-order valence-electron chi connectivity index (χ1n) is 11.0. The van der Waals surface area contributed by atoms with Crippen LogP contribution in [0.1, 0.15) is 41.7 Å². The maximum atomic E-state index is 13.4. The number of carbonyl (C=O) groups excluding carboxylic acids is 1. The molecule has 0 bridgehead atoms. The largest absolute Gasteiger partial charge is 0.489 e. The van der Waals surface area contributed by atoms with Crippen molar-refractivity contribution < 1.29 is 13.9 Å². The van der Waals surface area contributed by atoms with Crippen molar-refractivity contribution in [2.75, 3.05) is 5.32 Å². The lowest BCUT2D eigenvalue weighted by molar-refractivity contribution is -0.117. The number of allylic oxidation sites excluding steroid dienone is 2. The predicted molar refractivity (Wildman–Crippen MR) is 122 cm³/mol. The van der Waals surface area contributed by atoms with E-state index in [1.165, 1.54) is 6.33 Å². The fourth-order valence-electron chi connectivity index (χ4n) is 4.67. The lowest BCUT2D eigenvalue weighted by Gasteiger charge is -2.34. The zero-order valence-electron chi connectivity index (χ0n) is 17.8. The van der Waals surface area contributed by atoms with Gasteiger partial charge in [-0.25, -0.2) is 4.68 Å². The Morgan fingerprint density at radius 1 is 1.03 bits per heavy atom. The van der Waals surface area contributed by atoms with Crippen molar-refractivity contribution in [2.45, 2.75) is 31.4 Å². The van der Waals surface area contributed by atoms with E-state index in [9.17, 15) is 4.79 Å². The third-order valence-electron chi connectivity index (χ3n) is 6.25. The number of anilines is 1. The van der Waals surface area contributed by atoms with Gasteiger partial charge in [0.05, 0.1) is 6.26 Å². The highest BCUT2D eigenvalue weighted by molar-refractivity contribution is 6.00. The average Bonchev–Trinajstić information content (AvgIpc) is 3.55. The highest BCUT2D eigenvalue weighted by Gasteiger charge is 2.39. The van der Waals surface area contributed by atoms with E-state index in [2.05, 4.69) is 15.4 Å². The summed E-state index contributed by atoms with van der Waals surface area (Å²) in [7, 11) is 0. The molecule has 164 valence electrons. The summed E-state index contributed by atoms with van der Waals surface area (Å²) in [5.74, 6) is 2.36. The number of nitrogens with one attached hydrogen (secondary N) is 1. The smallest absolute Gasteiger partial charge is 0.226 e. The van der Waals surface area contributed by atoms with Crippen LogP contribution in [0.15, 0.2) is 95.0 Å². The van der Waals surface area contributed by atoms with E-state index in [-0.39, 0.29) is 17.7 Å². The molecule has 0 unspecified atom stereocenters. The average molecular weight is 438 g/mol. The standard InChI is InChI=1S/C26H22N4O3/c31-22-14-19(23-7-4-12-32-23)13-21-24(22)25(30-26(29-21)27-16-28-30)18-8-10-20(11-9-18)33-15-17-5-2-1-3-6-17/h1-12,16,19,25H,13-15H2,(H,27,28,29)/t19-,25+/m1/s1. The van der Waals surface area contributed by atoms with Gasteiger partial charge in [-0.1, -0.05) is 42.5 Å². The number of furan rings is 1. The van der Waals surface area contributed by atoms with Gasteiger partial charge < -0.3 is 14.5 Å². The van der Waals surface area contributed by atoms with Crippen molar-refractivity contribution in [1.29, 1.82) is 0 Å². The van der Waals surface area contributed by atoms with E-state index < -0.39 is 0 Å². The van der Waals surface area contributed by atoms with E-state index in [0.29, 0.717) is 25.4 Å². The molecular formula is C26H22N4O3. The van der Waals surface area contributed by atoms with Gasteiger partial charge in [-0.05, 0) is 41.8 Å². The van der Waals surface area contributed by atoms with Gasteiger partial charge in [0.1, 0.15) is 30.5 Å². The van der Waals surface area contributed by atoms with Crippen molar-refractivity contribution in [3.8, 4) is 5.75 Å². The molecule has 7 nitrogen and oxygen atoms in total. The number of rotatable bonds is 5. The zero-order chi connectivity index (χ0) is 22.2. The number of hydrogen-bond acceptors (Lipinski definition) is 6. The number of ketones is 1. The molecule has 3 heterocycles. The molecule has 0 fully saturated rings. The normalized spacial score (nSPS) is 19.6. The van der Waals surface area contributed by atoms with Crippen LogP contribution in [0.4, 0.5) is 5.95 Å².